The Hall–Kier alpha value is -0.870. The van der Waals surface area contributed by atoms with Gasteiger partial charge < -0.3 is 0 Å². The van der Waals surface area contributed by atoms with Gasteiger partial charge in [-0.25, -0.2) is 13.1 Å². The molecule has 1 N–H and O–H groups in total. The average molecular weight is 297 g/mol. The van der Waals surface area contributed by atoms with Gasteiger partial charge in [-0.2, -0.15) is 0 Å². The lowest BCUT2D eigenvalue weighted by molar-refractivity contribution is 0.478. The summed E-state index contributed by atoms with van der Waals surface area (Å²) < 4.78 is 28.0. The van der Waals surface area contributed by atoms with Crippen LogP contribution in [-0.4, -0.2) is 15.0 Å². The number of benzene rings is 1. The molecule has 0 aliphatic heterocycles. The molecule has 0 spiro atoms. The van der Waals surface area contributed by atoms with E-state index in [-0.39, 0.29) is 0 Å². The van der Waals surface area contributed by atoms with Gasteiger partial charge in [0.1, 0.15) is 0 Å². The van der Waals surface area contributed by atoms with Gasteiger partial charge in [-0.15, -0.1) is 0 Å². The first kappa shape index (κ1) is 17.2. The zero-order valence-electron chi connectivity index (χ0n) is 13.5. The molecule has 0 aliphatic carbocycles. The monoisotopic (exact) mass is 297 g/mol. The molecular weight excluding hydrogens is 270 g/mol. The summed E-state index contributed by atoms with van der Waals surface area (Å²) in [5.41, 5.74) is 3.75. The van der Waals surface area contributed by atoms with Crippen molar-refractivity contribution in [2.75, 3.05) is 6.54 Å². The van der Waals surface area contributed by atoms with Gasteiger partial charge in [0.25, 0.3) is 0 Å². The predicted octanol–water partition coefficient (Wildman–Crippen LogP) is 3.63. The van der Waals surface area contributed by atoms with Crippen LogP contribution in [0.2, 0.25) is 0 Å². The number of aryl methyl sites for hydroxylation is 2. The summed E-state index contributed by atoms with van der Waals surface area (Å²) in [7, 11) is -3.43. The molecule has 114 valence electrons. The van der Waals surface area contributed by atoms with Crippen molar-refractivity contribution in [1.82, 2.24) is 4.72 Å². The van der Waals surface area contributed by atoms with Crippen molar-refractivity contribution in [3.8, 4) is 0 Å². The minimum absolute atomic E-state index is 0.399. The van der Waals surface area contributed by atoms with Crippen LogP contribution < -0.4 is 4.72 Å². The maximum absolute atomic E-state index is 12.6. The Balaban J connectivity index is 3.16. The van der Waals surface area contributed by atoms with Gasteiger partial charge in [0.05, 0.1) is 4.90 Å². The molecule has 1 rings (SSSR count). The van der Waals surface area contributed by atoms with Gasteiger partial charge in [-0.05, 0) is 55.9 Å². The van der Waals surface area contributed by atoms with Gasteiger partial charge in [0, 0.05) is 6.54 Å². The molecule has 4 heteroatoms. The van der Waals surface area contributed by atoms with Crippen molar-refractivity contribution >= 4 is 10.0 Å². The van der Waals surface area contributed by atoms with Crippen LogP contribution in [0.5, 0.6) is 0 Å². The van der Waals surface area contributed by atoms with E-state index < -0.39 is 10.0 Å². The Bertz CT molecular complexity index is 546. The van der Waals surface area contributed by atoms with Crippen LogP contribution in [-0.2, 0) is 10.0 Å². The summed E-state index contributed by atoms with van der Waals surface area (Å²) in [4.78, 5) is 0.459. The van der Waals surface area contributed by atoms with Crippen molar-refractivity contribution in [3.05, 3.63) is 28.3 Å². The summed E-state index contributed by atoms with van der Waals surface area (Å²) in [6, 6.07) is 2.05. The van der Waals surface area contributed by atoms with Gasteiger partial charge in [0.15, 0.2) is 0 Å². The number of rotatable bonds is 6. The summed E-state index contributed by atoms with van der Waals surface area (Å²) in [5.74, 6) is 0.399. The third kappa shape index (κ3) is 3.61. The zero-order valence-corrected chi connectivity index (χ0v) is 14.3. The van der Waals surface area contributed by atoms with Crippen LogP contribution >= 0.6 is 0 Å². The van der Waals surface area contributed by atoms with Gasteiger partial charge in [-0.3, -0.25) is 0 Å². The van der Waals surface area contributed by atoms with Crippen molar-refractivity contribution < 1.29 is 8.42 Å². The molecule has 3 nitrogen and oxygen atoms in total. The van der Waals surface area contributed by atoms with E-state index in [0.717, 1.165) is 35.1 Å². The standard InChI is InChI=1S/C16H27NO2S/c1-7-15(8-2)10-17-20(18,19)16-13(5)11(3)9-12(4)14(16)6/h9,15,17H,7-8,10H2,1-6H3. The molecule has 0 saturated carbocycles. The third-order valence-electron chi connectivity index (χ3n) is 4.28. The van der Waals surface area contributed by atoms with E-state index in [1.807, 2.05) is 33.8 Å². The van der Waals surface area contributed by atoms with Crippen molar-refractivity contribution in [2.24, 2.45) is 5.92 Å². The highest BCUT2D eigenvalue weighted by molar-refractivity contribution is 7.89. The predicted molar refractivity (Wildman–Crippen MR) is 84.7 cm³/mol. The fourth-order valence-electron chi connectivity index (χ4n) is 2.46. The van der Waals surface area contributed by atoms with E-state index in [1.54, 1.807) is 0 Å². The Morgan fingerprint density at radius 1 is 1.00 bits per heavy atom. The topological polar surface area (TPSA) is 46.2 Å². The van der Waals surface area contributed by atoms with E-state index >= 15 is 0 Å². The molecular formula is C16H27NO2S. The summed E-state index contributed by atoms with van der Waals surface area (Å²) >= 11 is 0. The van der Waals surface area contributed by atoms with E-state index in [2.05, 4.69) is 18.6 Å². The number of nitrogens with one attached hydrogen (secondary N) is 1. The third-order valence-corrected chi connectivity index (χ3v) is 5.98. The van der Waals surface area contributed by atoms with Crippen LogP contribution in [0.25, 0.3) is 0 Å². The molecule has 1 aromatic carbocycles. The largest absolute Gasteiger partial charge is 0.241 e. The van der Waals surface area contributed by atoms with Crippen LogP contribution in [0.1, 0.15) is 48.9 Å². The lowest BCUT2D eigenvalue weighted by Gasteiger charge is -2.18. The summed E-state index contributed by atoms with van der Waals surface area (Å²) in [6.45, 7) is 12.4. The molecule has 0 bridgehead atoms. The molecule has 0 fully saturated rings. The second-order valence-corrected chi connectivity index (χ2v) is 7.33. The van der Waals surface area contributed by atoms with Crippen molar-refractivity contribution in [1.29, 1.82) is 0 Å². The minimum atomic E-state index is -3.43. The van der Waals surface area contributed by atoms with E-state index in [4.69, 9.17) is 0 Å². The Morgan fingerprint density at radius 2 is 1.45 bits per heavy atom. The molecule has 20 heavy (non-hydrogen) atoms. The van der Waals surface area contributed by atoms with E-state index in [1.165, 1.54) is 0 Å². The fourth-order valence-corrected chi connectivity index (χ4v) is 4.19. The first-order valence-electron chi connectivity index (χ1n) is 7.31. The molecule has 1 aromatic rings. The highest BCUT2D eigenvalue weighted by Crippen LogP contribution is 2.26. The summed E-state index contributed by atoms with van der Waals surface area (Å²) in [6.07, 6.45) is 1.98. The first-order chi connectivity index (χ1) is 9.24. The molecule has 0 unspecified atom stereocenters. The number of hydrogen-bond donors (Lipinski definition) is 1. The Morgan fingerprint density at radius 3 is 1.85 bits per heavy atom. The average Bonchev–Trinajstić information content (AvgIpc) is 2.37. The summed E-state index contributed by atoms with van der Waals surface area (Å²) in [5, 5.41) is 0. The van der Waals surface area contributed by atoms with Gasteiger partial charge in [0.2, 0.25) is 10.0 Å². The molecule has 0 aromatic heterocycles. The Labute approximate surface area is 123 Å². The normalized spacial score (nSPS) is 12.2. The van der Waals surface area contributed by atoms with Crippen LogP contribution in [0, 0.1) is 33.6 Å². The molecule has 0 atom stereocenters. The maximum atomic E-state index is 12.6. The van der Waals surface area contributed by atoms with Crippen LogP contribution in [0.4, 0.5) is 0 Å². The van der Waals surface area contributed by atoms with Crippen LogP contribution in [0.15, 0.2) is 11.0 Å². The molecule has 0 heterocycles. The molecule has 0 amide bonds. The molecule has 0 radical (unpaired) electrons. The Kier molecular flexibility index (Phi) is 5.78. The maximum Gasteiger partial charge on any atom is 0.241 e. The molecule has 0 aliphatic rings. The van der Waals surface area contributed by atoms with Crippen molar-refractivity contribution in [2.45, 2.75) is 59.3 Å². The SMILES string of the molecule is CCC(CC)CNS(=O)(=O)c1c(C)c(C)cc(C)c1C. The minimum Gasteiger partial charge on any atom is -0.211 e. The lowest BCUT2D eigenvalue weighted by Crippen LogP contribution is -2.30. The number of sulfonamides is 1. The quantitative estimate of drug-likeness (QED) is 0.871. The molecule has 0 saturated heterocycles. The smallest absolute Gasteiger partial charge is 0.211 e. The van der Waals surface area contributed by atoms with E-state index in [0.29, 0.717) is 17.4 Å². The zero-order chi connectivity index (χ0) is 15.5. The van der Waals surface area contributed by atoms with Gasteiger partial charge >= 0.3 is 0 Å². The highest BCUT2D eigenvalue weighted by Gasteiger charge is 2.22. The van der Waals surface area contributed by atoms with Gasteiger partial charge in [-0.1, -0.05) is 32.8 Å². The van der Waals surface area contributed by atoms with Crippen molar-refractivity contribution in [3.63, 3.8) is 0 Å². The first-order valence-corrected chi connectivity index (χ1v) is 8.79. The second kappa shape index (κ2) is 6.72. The lowest BCUT2D eigenvalue weighted by atomic mass is 10.0. The van der Waals surface area contributed by atoms with E-state index in [9.17, 15) is 8.42 Å². The second-order valence-electron chi connectivity index (χ2n) is 5.62. The van der Waals surface area contributed by atoms with Crippen LogP contribution in [0.3, 0.4) is 0 Å². The number of hydrogen-bond acceptors (Lipinski definition) is 2. The highest BCUT2D eigenvalue weighted by atomic mass is 32.2. The fraction of sp³-hybridized carbons (Fsp3) is 0.625.